The first-order chi connectivity index (χ1) is 14.5. The second kappa shape index (κ2) is 8.60. The van der Waals surface area contributed by atoms with Crippen LogP contribution in [0.15, 0.2) is 35.5 Å². The predicted octanol–water partition coefficient (Wildman–Crippen LogP) is 5.49. The number of aryl methyl sites for hydroxylation is 1. The summed E-state index contributed by atoms with van der Waals surface area (Å²) < 4.78 is 41.2. The van der Waals surface area contributed by atoms with Crippen LogP contribution in [0.3, 0.4) is 0 Å². The minimum absolute atomic E-state index is 0.129. The molecular formula is C22H22ClF2N3O2. The molecule has 2 aromatic heterocycles. The van der Waals surface area contributed by atoms with Crippen molar-refractivity contribution in [2.24, 2.45) is 4.99 Å². The number of ether oxygens (including phenoxy) is 2. The van der Waals surface area contributed by atoms with Gasteiger partial charge in [0.25, 0.3) is 0 Å². The van der Waals surface area contributed by atoms with Gasteiger partial charge in [-0.15, -0.1) is 0 Å². The number of aromatic nitrogens is 2. The van der Waals surface area contributed by atoms with E-state index >= 15 is 0 Å². The highest BCUT2D eigenvalue weighted by atomic mass is 35.5. The van der Waals surface area contributed by atoms with E-state index in [4.69, 9.17) is 26.1 Å². The maximum absolute atomic E-state index is 13.9. The van der Waals surface area contributed by atoms with Gasteiger partial charge in [0.15, 0.2) is 11.4 Å². The Hall–Kier alpha value is -2.67. The van der Waals surface area contributed by atoms with Crippen molar-refractivity contribution in [1.82, 2.24) is 9.38 Å². The van der Waals surface area contributed by atoms with Crippen molar-refractivity contribution in [3.63, 3.8) is 0 Å². The summed E-state index contributed by atoms with van der Waals surface area (Å²) in [7, 11) is 0. The maximum atomic E-state index is 13.9. The zero-order valence-corrected chi connectivity index (χ0v) is 17.5. The van der Waals surface area contributed by atoms with Crippen LogP contribution in [0.1, 0.15) is 43.1 Å². The van der Waals surface area contributed by atoms with E-state index in [1.54, 1.807) is 16.7 Å². The normalized spacial score (nSPS) is 16.0. The van der Waals surface area contributed by atoms with Gasteiger partial charge in [-0.2, -0.15) is 0 Å². The van der Waals surface area contributed by atoms with Gasteiger partial charge >= 0.3 is 0 Å². The van der Waals surface area contributed by atoms with E-state index in [0.717, 1.165) is 19.3 Å². The minimum Gasteiger partial charge on any atom is -0.485 e. The molecule has 0 radical (unpaired) electrons. The predicted molar refractivity (Wildman–Crippen MR) is 111 cm³/mol. The summed E-state index contributed by atoms with van der Waals surface area (Å²) in [5, 5.41) is 0.395. The highest BCUT2D eigenvalue weighted by Crippen LogP contribution is 2.29. The SMILES string of the molecule is CCCC[C@@H]1COC(c2c(C)nc3c(OCc4c(F)cccc4F)cc(Cl)cn23)=N1. The highest BCUT2D eigenvalue weighted by Gasteiger charge is 2.26. The molecule has 4 rings (SSSR count). The van der Waals surface area contributed by atoms with Crippen LogP contribution in [0.4, 0.5) is 8.78 Å². The molecule has 1 aliphatic heterocycles. The highest BCUT2D eigenvalue weighted by molar-refractivity contribution is 6.30. The number of aliphatic imine (C=N–C) groups is 1. The molecule has 30 heavy (non-hydrogen) atoms. The summed E-state index contributed by atoms with van der Waals surface area (Å²) in [5.74, 6) is -0.490. The lowest BCUT2D eigenvalue weighted by Crippen LogP contribution is -2.08. The number of unbranched alkanes of at least 4 members (excludes halogenated alkanes) is 1. The molecule has 0 unspecified atom stereocenters. The Balaban J connectivity index is 1.68. The van der Waals surface area contributed by atoms with Gasteiger partial charge in [-0.1, -0.05) is 37.4 Å². The Morgan fingerprint density at radius 1 is 1.30 bits per heavy atom. The van der Waals surface area contributed by atoms with Crippen molar-refractivity contribution in [2.75, 3.05) is 6.61 Å². The fraction of sp³-hybridized carbons (Fsp3) is 0.364. The van der Waals surface area contributed by atoms with Crippen molar-refractivity contribution in [3.8, 4) is 5.75 Å². The first-order valence-electron chi connectivity index (χ1n) is 9.92. The number of halogens is 3. The number of rotatable bonds is 7. The lowest BCUT2D eigenvalue weighted by Gasteiger charge is -2.10. The van der Waals surface area contributed by atoms with Gasteiger partial charge in [-0.05, 0) is 25.5 Å². The molecule has 5 nitrogen and oxygen atoms in total. The first-order valence-corrected chi connectivity index (χ1v) is 10.3. The number of hydrogen-bond donors (Lipinski definition) is 0. The summed E-state index contributed by atoms with van der Waals surface area (Å²) >= 11 is 6.30. The van der Waals surface area contributed by atoms with Crippen molar-refractivity contribution in [2.45, 2.75) is 45.8 Å². The zero-order chi connectivity index (χ0) is 21.3. The Morgan fingerprint density at radius 3 is 2.80 bits per heavy atom. The number of pyridine rings is 1. The van der Waals surface area contributed by atoms with Crippen LogP contribution in [0.5, 0.6) is 5.75 Å². The van der Waals surface area contributed by atoms with Gasteiger partial charge < -0.3 is 9.47 Å². The van der Waals surface area contributed by atoms with E-state index in [0.29, 0.717) is 40.3 Å². The van der Waals surface area contributed by atoms with E-state index < -0.39 is 11.6 Å². The van der Waals surface area contributed by atoms with Gasteiger partial charge in [0.05, 0.1) is 22.3 Å². The summed E-state index contributed by atoms with van der Waals surface area (Å²) in [6, 6.07) is 5.40. The maximum Gasteiger partial charge on any atom is 0.236 e. The van der Waals surface area contributed by atoms with E-state index in [1.165, 1.54) is 18.2 Å². The Bertz CT molecular complexity index is 1090. The molecule has 3 aromatic rings. The average Bonchev–Trinajstić information content (AvgIpc) is 3.29. The second-order valence-corrected chi connectivity index (χ2v) is 7.73. The number of imidazole rings is 1. The van der Waals surface area contributed by atoms with Gasteiger partial charge in [-0.25, -0.2) is 18.8 Å². The summed E-state index contributed by atoms with van der Waals surface area (Å²) in [6.07, 6.45) is 4.87. The van der Waals surface area contributed by atoms with Crippen LogP contribution in [0.2, 0.25) is 5.02 Å². The third-order valence-electron chi connectivity index (χ3n) is 5.07. The second-order valence-electron chi connectivity index (χ2n) is 7.29. The molecule has 0 bridgehead atoms. The lowest BCUT2D eigenvalue weighted by molar-refractivity contribution is 0.294. The fourth-order valence-electron chi connectivity index (χ4n) is 3.51. The smallest absolute Gasteiger partial charge is 0.236 e. The van der Waals surface area contributed by atoms with Crippen LogP contribution in [0, 0.1) is 18.6 Å². The third kappa shape index (κ3) is 3.99. The summed E-state index contributed by atoms with van der Waals surface area (Å²) in [6.45, 7) is 4.25. The number of benzene rings is 1. The molecule has 0 saturated carbocycles. The topological polar surface area (TPSA) is 48.1 Å². The number of nitrogens with zero attached hydrogens (tertiary/aromatic N) is 3. The Kier molecular flexibility index (Phi) is 5.90. The Morgan fingerprint density at radius 2 is 2.07 bits per heavy atom. The number of hydrogen-bond acceptors (Lipinski definition) is 4. The van der Waals surface area contributed by atoms with Crippen molar-refractivity contribution >= 4 is 23.1 Å². The van der Waals surface area contributed by atoms with Crippen LogP contribution >= 0.6 is 11.6 Å². The standard InChI is InChI=1S/C22H22ClF2N3O2/c1-3-4-6-15-11-30-22(27-15)20-13(2)26-21-19(9-14(23)10-28(20)21)29-12-16-17(24)7-5-8-18(16)25/h5,7-10,15H,3-4,6,11-12H2,1-2H3/t15-/m1/s1. The van der Waals surface area contributed by atoms with Crippen LogP contribution in [0.25, 0.3) is 5.65 Å². The van der Waals surface area contributed by atoms with Crippen LogP contribution in [-0.4, -0.2) is 27.9 Å². The molecule has 0 aliphatic carbocycles. The molecule has 0 amide bonds. The molecule has 0 saturated heterocycles. The molecule has 8 heteroatoms. The molecule has 158 valence electrons. The molecule has 3 heterocycles. The van der Waals surface area contributed by atoms with Crippen molar-refractivity contribution < 1.29 is 18.3 Å². The zero-order valence-electron chi connectivity index (χ0n) is 16.8. The monoisotopic (exact) mass is 433 g/mol. The van der Waals surface area contributed by atoms with E-state index in [9.17, 15) is 8.78 Å². The quantitative estimate of drug-likeness (QED) is 0.495. The third-order valence-corrected chi connectivity index (χ3v) is 5.27. The fourth-order valence-corrected chi connectivity index (χ4v) is 3.71. The van der Waals surface area contributed by atoms with Gasteiger partial charge in [0, 0.05) is 12.3 Å². The van der Waals surface area contributed by atoms with Gasteiger partial charge in [-0.3, -0.25) is 4.40 Å². The van der Waals surface area contributed by atoms with Crippen LogP contribution < -0.4 is 4.74 Å². The molecule has 1 atom stereocenters. The van der Waals surface area contributed by atoms with Crippen LogP contribution in [-0.2, 0) is 11.3 Å². The van der Waals surface area contributed by atoms with Gasteiger partial charge in [0.1, 0.15) is 30.5 Å². The molecule has 0 fully saturated rings. The van der Waals surface area contributed by atoms with Gasteiger partial charge in [0.2, 0.25) is 5.90 Å². The first kappa shape index (κ1) is 20.6. The van der Waals surface area contributed by atoms with E-state index in [-0.39, 0.29) is 18.2 Å². The average molecular weight is 434 g/mol. The number of fused-ring (bicyclic) bond motifs is 1. The van der Waals surface area contributed by atoms with E-state index in [1.807, 2.05) is 6.92 Å². The molecule has 1 aliphatic rings. The summed E-state index contributed by atoms with van der Waals surface area (Å²) in [5.41, 5.74) is 1.73. The minimum atomic E-state index is -0.667. The Labute approximate surface area is 178 Å². The molecule has 1 aromatic carbocycles. The largest absolute Gasteiger partial charge is 0.485 e. The molecular weight excluding hydrogens is 412 g/mol. The lowest BCUT2D eigenvalue weighted by atomic mass is 10.1. The molecule has 0 spiro atoms. The van der Waals surface area contributed by atoms with Crippen molar-refractivity contribution in [3.05, 3.63) is 64.1 Å². The van der Waals surface area contributed by atoms with Crippen molar-refractivity contribution in [1.29, 1.82) is 0 Å². The molecule has 0 N–H and O–H groups in total. The van der Waals surface area contributed by atoms with E-state index in [2.05, 4.69) is 11.9 Å². The summed E-state index contributed by atoms with van der Waals surface area (Å²) in [4.78, 5) is 9.28.